The Bertz CT molecular complexity index is 592. The molecular weight excluding hydrogens is 263 g/mol. The molecule has 2 aromatic carbocycles. The summed E-state index contributed by atoms with van der Waals surface area (Å²) in [6.07, 6.45) is 0. The third-order valence-electron chi connectivity index (χ3n) is 4.17. The maximum absolute atomic E-state index is 14.4. The molecule has 0 saturated carbocycles. The molecule has 1 N–H and O–H groups in total. The van der Waals surface area contributed by atoms with Crippen molar-refractivity contribution in [2.24, 2.45) is 0 Å². The van der Waals surface area contributed by atoms with Gasteiger partial charge in [0, 0.05) is 19.1 Å². The number of hydrogen-bond donors (Lipinski definition) is 1. The number of hydrogen-bond acceptors (Lipinski definition) is 2. The third-order valence-corrected chi connectivity index (χ3v) is 4.17. The normalized spacial score (nSPS) is 22.3. The quantitative estimate of drug-likeness (QED) is 0.905. The number of halogens is 1. The summed E-state index contributed by atoms with van der Waals surface area (Å²) < 4.78 is 14.4. The van der Waals surface area contributed by atoms with E-state index in [1.54, 1.807) is 12.1 Å². The summed E-state index contributed by atoms with van der Waals surface area (Å²) in [5.41, 5.74) is 2.95. The summed E-state index contributed by atoms with van der Waals surface area (Å²) >= 11 is 0. The van der Waals surface area contributed by atoms with Crippen molar-refractivity contribution in [3.8, 4) is 0 Å². The fourth-order valence-electron chi connectivity index (χ4n) is 3.12. The summed E-state index contributed by atoms with van der Waals surface area (Å²) in [5.74, 6) is -0.134. The Morgan fingerprint density at radius 3 is 2.57 bits per heavy atom. The van der Waals surface area contributed by atoms with Crippen LogP contribution in [0.25, 0.3) is 0 Å². The highest BCUT2D eigenvalue weighted by molar-refractivity contribution is 5.56. The van der Waals surface area contributed by atoms with E-state index in [9.17, 15) is 4.39 Å². The van der Waals surface area contributed by atoms with Crippen molar-refractivity contribution in [2.45, 2.75) is 25.9 Å². The fourth-order valence-corrected chi connectivity index (χ4v) is 3.12. The van der Waals surface area contributed by atoms with E-state index in [0.717, 1.165) is 24.3 Å². The SMILES string of the molecule is Cc1cccc(F)c1N1CC(C)NCC1c1ccccc1. The van der Waals surface area contributed by atoms with Crippen LogP contribution in [0.4, 0.5) is 10.1 Å². The molecule has 0 amide bonds. The van der Waals surface area contributed by atoms with Gasteiger partial charge in [-0.2, -0.15) is 0 Å². The van der Waals surface area contributed by atoms with E-state index in [-0.39, 0.29) is 11.9 Å². The van der Waals surface area contributed by atoms with Gasteiger partial charge in [0.15, 0.2) is 0 Å². The van der Waals surface area contributed by atoms with Crippen LogP contribution in [0.3, 0.4) is 0 Å². The molecule has 2 unspecified atom stereocenters. The predicted octanol–water partition coefficient (Wildman–Crippen LogP) is 3.67. The molecule has 21 heavy (non-hydrogen) atoms. The Morgan fingerprint density at radius 1 is 1.10 bits per heavy atom. The van der Waals surface area contributed by atoms with Crippen molar-refractivity contribution in [2.75, 3.05) is 18.0 Å². The molecule has 0 spiro atoms. The Morgan fingerprint density at radius 2 is 1.86 bits per heavy atom. The van der Waals surface area contributed by atoms with E-state index in [0.29, 0.717) is 6.04 Å². The number of para-hydroxylation sites is 1. The van der Waals surface area contributed by atoms with Gasteiger partial charge in [0.05, 0.1) is 11.7 Å². The van der Waals surface area contributed by atoms with Gasteiger partial charge in [0.25, 0.3) is 0 Å². The van der Waals surface area contributed by atoms with Gasteiger partial charge >= 0.3 is 0 Å². The number of nitrogens with zero attached hydrogens (tertiary/aromatic N) is 1. The van der Waals surface area contributed by atoms with Gasteiger partial charge in [-0.15, -0.1) is 0 Å². The van der Waals surface area contributed by atoms with Gasteiger partial charge in [0.1, 0.15) is 5.82 Å². The zero-order chi connectivity index (χ0) is 14.8. The Hall–Kier alpha value is -1.87. The smallest absolute Gasteiger partial charge is 0.146 e. The zero-order valence-corrected chi connectivity index (χ0v) is 12.5. The Balaban J connectivity index is 2.03. The van der Waals surface area contributed by atoms with Crippen LogP contribution in [0.5, 0.6) is 0 Å². The monoisotopic (exact) mass is 284 g/mol. The number of piperazine rings is 1. The van der Waals surface area contributed by atoms with Crippen LogP contribution in [0, 0.1) is 12.7 Å². The average Bonchev–Trinajstić information content (AvgIpc) is 2.48. The summed E-state index contributed by atoms with van der Waals surface area (Å²) in [7, 11) is 0. The van der Waals surface area contributed by atoms with Crippen LogP contribution >= 0.6 is 0 Å². The van der Waals surface area contributed by atoms with Gasteiger partial charge in [-0.25, -0.2) is 4.39 Å². The minimum Gasteiger partial charge on any atom is -0.359 e. The molecule has 2 aromatic rings. The highest BCUT2D eigenvalue weighted by Gasteiger charge is 2.29. The second-order valence-electron chi connectivity index (χ2n) is 5.79. The maximum atomic E-state index is 14.4. The van der Waals surface area contributed by atoms with Crippen LogP contribution in [-0.4, -0.2) is 19.1 Å². The summed E-state index contributed by atoms with van der Waals surface area (Å²) in [6.45, 7) is 5.76. The maximum Gasteiger partial charge on any atom is 0.146 e. The topological polar surface area (TPSA) is 15.3 Å². The van der Waals surface area contributed by atoms with Gasteiger partial charge in [0.2, 0.25) is 0 Å². The first-order valence-electron chi connectivity index (χ1n) is 7.47. The molecule has 1 aliphatic heterocycles. The third kappa shape index (κ3) is 2.79. The number of anilines is 1. The number of aryl methyl sites for hydroxylation is 1. The molecule has 0 bridgehead atoms. The lowest BCUT2D eigenvalue weighted by Crippen LogP contribution is -2.51. The molecule has 1 saturated heterocycles. The molecule has 110 valence electrons. The molecule has 2 nitrogen and oxygen atoms in total. The largest absolute Gasteiger partial charge is 0.359 e. The summed E-state index contributed by atoms with van der Waals surface area (Å²) in [6, 6.07) is 16.2. The second kappa shape index (κ2) is 5.86. The molecular formula is C18H21FN2. The average molecular weight is 284 g/mol. The second-order valence-corrected chi connectivity index (χ2v) is 5.79. The molecule has 0 aliphatic carbocycles. The van der Waals surface area contributed by atoms with Gasteiger partial charge in [-0.1, -0.05) is 42.5 Å². The highest BCUT2D eigenvalue weighted by Crippen LogP contribution is 2.33. The lowest BCUT2D eigenvalue weighted by atomic mass is 9.99. The molecule has 1 heterocycles. The first kappa shape index (κ1) is 14.1. The van der Waals surface area contributed by atoms with Crippen molar-refractivity contribution in [1.29, 1.82) is 0 Å². The molecule has 1 aliphatic rings. The van der Waals surface area contributed by atoms with Gasteiger partial charge < -0.3 is 10.2 Å². The van der Waals surface area contributed by atoms with Crippen LogP contribution in [-0.2, 0) is 0 Å². The van der Waals surface area contributed by atoms with Crippen LogP contribution < -0.4 is 10.2 Å². The minimum absolute atomic E-state index is 0.134. The van der Waals surface area contributed by atoms with E-state index < -0.39 is 0 Å². The van der Waals surface area contributed by atoms with E-state index >= 15 is 0 Å². The molecule has 1 fully saturated rings. The first-order chi connectivity index (χ1) is 10.2. The first-order valence-corrected chi connectivity index (χ1v) is 7.47. The van der Waals surface area contributed by atoms with Crippen LogP contribution in [0.2, 0.25) is 0 Å². The zero-order valence-electron chi connectivity index (χ0n) is 12.5. The fraction of sp³-hybridized carbons (Fsp3) is 0.333. The molecule has 2 atom stereocenters. The van der Waals surface area contributed by atoms with E-state index in [4.69, 9.17) is 0 Å². The molecule has 0 aromatic heterocycles. The van der Waals surface area contributed by atoms with E-state index in [2.05, 4.69) is 29.3 Å². The van der Waals surface area contributed by atoms with Crippen LogP contribution in [0.1, 0.15) is 24.1 Å². The molecule has 3 heteroatoms. The Labute approximate surface area is 125 Å². The van der Waals surface area contributed by atoms with Crippen molar-refractivity contribution in [3.05, 3.63) is 65.5 Å². The number of rotatable bonds is 2. The van der Waals surface area contributed by atoms with E-state index in [1.807, 2.05) is 31.2 Å². The predicted molar refractivity (Wildman–Crippen MR) is 85.1 cm³/mol. The summed E-state index contributed by atoms with van der Waals surface area (Å²) in [5, 5.41) is 3.51. The molecule has 3 rings (SSSR count). The summed E-state index contributed by atoms with van der Waals surface area (Å²) in [4.78, 5) is 2.21. The minimum atomic E-state index is -0.134. The number of nitrogens with one attached hydrogen (secondary N) is 1. The van der Waals surface area contributed by atoms with E-state index in [1.165, 1.54) is 5.56 Å². The van der Waals surface area contributed by atoms with Crippen molar-refractivity contribution in [3.63, 3.8) is 0 Å². The highest BCUT2D eigenvalue weighted by atomic mass is 19.1. The van der Waals surface area contributed by atoms with Gasteiger partial charge in [-0.05, 0) is 31.0 Å². The van der Waals surface area contributed by atoms with Crippen LogP contribution in [0.15, 0.2) is 48.5 Å². The standard InChI is InChI=1S/C18H21FN2/c1-13-7-6-10-16(19)18(13)21-12-14(2)20-11-17(21)15-8-4-3-5-9-15/h3-10,14,17,20H,11-12H2,1-2H3. The van der Waals surface area contributed by atoms with Crippen molar-refractivity contribution >= 4 is 5.69 Å². The van der Waals surface area contributed by atoms with Crippen molar-refractivity contribution in [1.82, 2.24) is 5.32 Å². The van der Waals surface area contributed by atoms with Crippen molar-refractivity contribution < 1.29 is 4.39 Å². The molecule has 0 radical (unpaired) electrons. The van der Waals surface area contributed by atoms with Gasteiger partial charge in [-0.3, -0.25) is 0 Å². The Kier molecular flexibility index (Phi) is 3.93. The lowest BCUT2D eigenvalue weighted by Gasteiger charge is -2.42. The number of benzene rings is 2. The lowest BCUT2D eigenvalue weighted by molar-refractivity contribution is 0.411.